The van der Waals surface area contributed by atoms with Crippen molar-refractivity contribution in [3.05, 3.63) is 99.7 Å². The van der Waals surface area contributed by atoms with Crippen LogP contribution in [0, 0.1) is 21.4 Å². The highest BCUT2D eigenvalue weighted by Crippen LogP contribution is 2.53. The van der Waals surface area contributed by atoms with Gasteiger partial charge in [-0.2, -0.15) is 0 Å². The standard InChI is InChI=1S/C53H68N8O10S/c1-35(2)71-47-8-6-5-7-43(47)46-32-57(31-37-25-49(67-4)51(54-30-37)59-21-24-69-33-36(59)3)19-20-60(46)41-28-53(29-41)15-17-58(18-16-53)40-11-9-39(10-12-40)52(62)56-72(65,66)42-26-45(61(63)64)50-48(27-42)70-34-44(55-50)38-13-22-68-23-14-38/h5-12,25-27,30,35-36,38,41,44,46,55H,13-24,28-29,31-34H2,1-4H3,(H,56,62)/t36-,44-,46-/m0/s1. The highest BCUT2D eigenvalue weighted by atomic mass is 32.2. The Hall–Kier alpha value is -5.73. The van der Waals surface area contributed by atoms with E-state index < -0.39 is 31.4 Å². The van der Waals surface area contributed by atoms with Gasteiger partial charge in [0.1, 0.15) is 12.4 Å². The molecule has 1 aliphatic carbocycles. The Kier molecular flexibility index (Phi) is 14.5. The summed E-state index contributed by atoms with van der Waals surface area (Å²) in [4.78, 5) is 39.3. The SMILES string of the molecule is COc1cc(CN2CCN(C3CC4(CCN(c5ccc(C(=O)NS(=O)(=O)c6cc7c(c([N+](=O)[O-])c6)N[C@H](C6CCOCC6)CO7)cc5)CC4)C3)[C@H](c3ccccc3OC(C)C)C2)cnc1N1CCOC[C@@H]1C. The van der Waals surface area contributed by atoms with Gasteiger partial charge in [0.05, 0.1) is 54.4 Å². The van der Waals surface area contributed by atoms with Crippen molar-refractivity contribution >= 4 is 38.8 Å². The second-order valence-corrected chi connectivity index (χ2v) is 22.5. The number of sulfonamides is 1. The van der Waals surface area contributed by atoms with Gasteiger partial charge in [-0.05, 0) is 113 Å². The fraction of sp³-hybridized carbons (Fsp3) is 0.547. The molecule has 4 saturated heterocycles. The van der Waals surface area contributed by atoms with Gasteiger partial charge in [0.2, 0.25) is 0 Å². The quantitative estimate of drug-likeness (QED) is 0.0966. The Balaban J connectivity index is 0.760. The summed E-state index contributed by atoms with van der Waals surface area (Å²) in [5.74, 6) is 2.02. The summed E-state index contributed by atoms with van der Waals surface area (Å²) < 4.78 is 58.6. The molecule has 1 amide bonds. The van der Waals surface area contributed by atoms with Crippen LogP contribution in [0.1, 0.15) is 86.8 Å². The van der Waals surface area contributed by atoms with E-state index in [0.717, 1.165) is 119 Å². The van der Waals surface area contributed by atoms with Crippen molar-refractivity contribution in [2.75, 3.05) is 94.5 Å². The first-order valence-corrected chi connectivity index (χ1v) is 27.1. The molecule has 72 heavy (non-hydrogen) atoms. The molecule has 3 atom stereocenters. The molecule has 4 aromatic rings. The molecule has 6 heterocycles. The normalized spacial score (nSPS) is 23.2. The summed E-state index contributed by atoms with van der Waals surface area (Å²) in [6, 6.07) is 20.5. The lowest BCUT2D eigenvalue weighted by Crippen LogP contribution is -2.59. The zero-order valence-electron chi connectivity index (χ0n) is 41.8. The molecule has 0 radical (unpaired) electrons. The monoisotopic (exact) mass is 1010 g/mol. The number of hydrogen-bond donors (Lipinski definition) is 2. The average Bonchev–Trinajstić information content (AvgIpc) is 3.38. The van der Waals surface area contributed by atoms with Crippen molar-refractivity contribution in [2.24, 2.45) is 11.3 Å². The molecule has 386 valence electrons. The number of ether oxygens (including phenoxy) is 5. The smallest absolute Gasteiger partial charge is 0.297 e. The lowest BCUT2D eigenvalue weighted by Gasteiger charge is -2.58. The van der Waals surface area contributed by atoms with Crippen LogP contribution in [-0.2, 0) is 26.0 Å². The van der Waals surface area contributed by atoms with Crippen LogP contribution in [0.3, 0.4) is 0 Å². The lowest BCUT2D eigenvalue weighted by atomic mass is 9.59. The number of piperidine rings is 1. The van der Waals surface area contributed by atoms with E-state index in [0.29, 0.717) is 32.5 Å². The highest BCUT2D eigenvalue weighted by molar-refractivity contribution is 7.90. The Bertz CT molecular complexity index is 2710. The van der Waals surface area contributed by atoms with Crippen LogP contribution >= 0.6 is 0 Å². The third-order valence-electron chi connectivity index (χ3n) is 15.8. The van der Waals surface area contributed by atoms with Gasteiger partial charge < -0.3 is 38.8 Å². The third-order valence-corrected chi connectivity index (χ3v) is 17.1. The maximum absolute atomic E-state index is 13.6. The topological polar surface area (TPSA) is 190 Å². The molecular weight excluding hydrogens is 941 g/mol. The van der Waals surface area contributed by atoms with E-state index >= 15 is 0 Å². The summed E-state index contributed by atoms with van der Waals surface area (Å²) in [6.07, 6.45) is 8.01. The van der Waals surface area contributed by atoms with E-state index in [1.807, 2.05) is 18.3 Å². The van der Waals surface area contributed by atoms with Gasteiger partial charge in [-0.1, -0.05) is 18.2 Å². The Morgan fingerprint density at radius 1 is 0.958 bits per heavy atom. The van der Waals surface area contributed by atoms with Crippen molar-refractivity contribution < 1.29 is 41.8 Å². The minimum atomic E-state index is -4.50. The number of piperazine rings is 1. The van der Waals surface area contributed by atoms with Crippen LogP contribution in [0.5, 0.6) is 17.2 Å². The molecule has 1 saturated carbocycles. The first-order chi connectivity index (χ1) is 34.8. The zero-order chi connectivity index (χ0) is 50.1. The van der Waals surface area contributed by atoms with Crippen molar-refractivity contribution in [2.45, 2.75) is 101 Å². The molecule has 6 aliphatic rings. The van der Waals surface area contributed by atoms with E-state index in [-0.39, 0.29) is 59.2 Å². The molecule has 5 aliphatic heterocycles. The van der Waals surface area contributed by atoms with Gasteiger partial charge in [-0.25, -0.2) is 18.1 Å². The van der Waals surface area contributed by atoms with Crippen LogP contribution in [0.25, 0.3) is 0 Å². The van der Waals surface area contributed by atoms with Crippen molar-refractivity contribution in [3.8, 4) is 17.2 Å². The second kappa shape index (κ2) is 21.0. The first-order valence-electron chi connectivity index (χ1n) is 25.6. The summed E-state index contributed by atoms with van der Waals surface area (Å²) in [6.45, 7) is 15.1. The van der Waals surface area contributed by atoms with Crippen LogP contribution in [-0.4, -0.2) is 138 Å². The Labute approximate surface area is 422 Å². The van der Waals surface area contributed by atoms with E-state index in [2.05, 4.69) is 80.7 Å². The van der Waals surface area contributed by atoms with Gasteiger partial charge in [-0.3, -0.25) is 24.7 Å². The third kappa shape index (κ3) is 10.5. The molecule has 0 bridgehead atoms. The van der Waals surface area contributed by atoms with Crippen LogP contribution in [0.4, 0.5) is 22.9 Å². The lowest BCUT2D eigenvalue weighted by molar-refractivity contribution is -0.384. The number of nitro groups is 1. The van der Waals surface area contributed by atoms with Gasteiger partial charge in [0, 0.05) is 100 Å². The number of amides is 1. The van der Waals surface area contributed by atoms with Crippen LogP contribution in [0.2, 0.25) is 0 Å². The number of nitro benzene ring substituents is 1. The predicted octanol–water partition coefficient (Wildman–Crippen LogP) is 7.04. The number of para-hydroxylation sites is 1. The number of rotatable bonds is 14. The largest absolute Gasteiger partial charge is 0.493 e. The van der Waals surface area contributed by atoms with E-state index in [9.17, 15) is 23.3 Å². The minimum Gasteiger partial charge on any atom is -0.493 e. The highest BCUT2D eigenvalue weighted by Gasteiger charge is 2.50. The van der Waals surface area contributed by atoms with Crippen molar-refractivity contribution in [3.63, 3.8) is 0 Å². The van der Waals surface area contributed by atoms with E-state index in [1.165, 1.54) is 11.6 Å². The number of benzene rings is 3. The molecule has 0 unspecified atom stereocenters. The van der Waals surface area contributed by atoms with Crippen molar-refractivity contribution in [1.82, 2.24) is 19.5 Å². The second-order valence-electron chi connectivity index (χ2n) is 20.8. The Morgan fingerprint density at radius 3 is 2.44 bits per heavy atom. The predicted molar refractivity (Wildman–Crippen MR) is 273 cm³/mol. The number of anilines is 3. The first kappa shape index (κ1) is 49.8. The van der Waals surface area contributed by atoms with Gasteiger partial charge in [-0.15, -0.1) is 0 Å². The molecule has 1 spiro atoms. The number of carbonyl (C=O) groups excluding carboxylic acids is 1. The fourth-order valence-electron chi connectivity index (χ4n) is 11.9. The number of nitrogens with zero attached hydrogens (tertiary/aromatic N) is 6. The molecule has 10 rings (SSSR count). The van der Waals surface area contributed by atoms with Gasteiger partial charge >= 0.3 is 0 Å². The number of fused-ring (bicyclic) bond motifs is 1. The van der Waals surface area contributed by atoms with Gasteiger partial charge in [0.25, 0.3) is 21.6 Å². The summed E-state index contributed by atoms with van der Waals surface area (Å²) >= 11 is 0. The summed E-state index contributed by atoms with van der Waals surface area (Å²) in [5.41, 5.74) is 3.43. The minimum absolute atomic E-state index is 0.0516. The fourth-order valence-corrected chi connectivity index (χ4v) is 12.9. The Morgan fingerprint density at radius 2 is 1.72 bits per heavy atom. The number of methoxy groups -OCH3 is 1. The van der Waals surface area contributed by atoms with Crippen molar-refractivity contribution in [1.29, 1.82) is 0 Å². The maximum Gasteiger partial charge on any atom is 0.297 e. The van der Waals surface area contributed by atoms with E-state index in [4.69, 9.17) is 28.7 Å². The maximum atomic E-state index is 13.6. The molecule has 1 aromatic heterocycles. The summed E-state index contributed by atoms with van der Waals surface area (Å²) in [5, 5.41) is 15.4. The summed E-state index contributed by atoms with van der Waals surface area (Å²) in [7, 11) is -2.78. The molecule has 3 aromatic carbocycles. The zero-order valence-corrected chi connectivity index (χ0v) is 42.6. The molecule has 18 nitrogen and oxygen atoms in total. The number of nitrogens with one attached hydrogen (secondary N) is 2. The number of aromatic nitrogens is 1. The number of morpholine rings is 1. The molecule has 2 N–H and O–H groups in total. The van der Waals surface area contributed by atoms with E-state index in [1.54, 1.807) is 19.2 Å². The van der Waals surface area contributed by atoms with Crippen LogP contribution in [0.15, 0.2) is 77.8 Å². The molecule has 5 fully saturated rings. The molecule has 19 heteroatoms. The number of hydrogen-bond acceptors (Lipinski definition) is 16. The average molecular weight is 1010 g/mol. The van der Waals surface area contributed by atoms with Crippen LogP contribution < -0.4 is 34.0 Å². The molecular formula is C53H68N8O10S. The number of pyridine rings is 1. The van der Waals surface area contributed by atoms with Gasteiger partial charge in [0.15, 0.2) is 23.0 Å². The number of carbonyl (C=O) groups is 1.